The van der Waals surface area contributed by atoms with Crippen molar-refractivity contribution in [2.45, 2.75) is 219 Å². The zero-order valence-electron chi connectivity index (χ0n) is 41.7. The Labute approximate surface area is 399 Å². The number of unbranched alkanes of at least 4 members (excludes halogenated alkanes) is 14. The molecule has 0 fully saturated rings. The molecule has 0 aromatic carbocycles. The largest absolute Gasteiger partial charge is 0.462 e. The lowest BCUT2D eigenvalue weighted by atomic mass is 10.1. The van der Waals surface area contributed by atoms with Crippen LogP contribution in [0.5, 0.6) is 0 Å². The van der Waals surface area contributed by atoms with Crippen LogP contribution in [-0.4, -0.2) is 37.2 Å². The highest BCUT2D eigenvalue weighted by Gasteiger charge is 2.19. The lowest BCUT2D eigenvalue weighted by Crippen LogP contribution is -2.30. The molecule has 0 saturated heterocycles. The first-order chi connectivity index (χ1) is 32.0. The number of carbonyl (C=O) groups is 3. The van der Waals surface area contributed by atoms with Gasteiger partial charge in [-0.05, 0) is 116 Å². The van der Waals surface area contributed by atoms with Crippen molar-refractivity contribution in [3.8, 4) is 0 Å². The van der Waals surface area contributed by atoms with Crippen LogP contribution in [0, 0.1) is 0 Å². The smallest absolute Gasteiger partial charge is 0.306 e. The average molecular weight is 899 g/mol. The van der Waals surface area contributed by atoms with Gasteiger partial charge in [-0.3, -0.25) is 14.4 Å². The van der Waals surface area contributed by atoms with E-state index in [1.807, 2.05) is 12.2 Å². The molecule has 1 atom stereocenters. The average Bonchev–Trinajstić information content (AvgIpc) is 3.30. The van der Waals surface area contributed by atoms with E-state index in [1.54, 1.807) is 0 Å². The summed E-state index contributed by atoms with van der Waals surface area (Å²) in [5.74, 6) is -1.06. The van der Waals surface area contributed by atoms with Crippen LogP contribution in [0.2, 0.25) is 0 Å². The fourth-order valence-electron chi connectivity index (χ4n) is 6.59. The highest BCUT2D eigenvalue weighted by molar-refractivity contribution is 5.71. The van der Waals surface area contributed by atoms with Crippen molar-refractivity contribution in [2.24, 2.45) is 0 Å². The molecular formula is C59H94O6. The van der Waals surface area contributed by atoms with E-state index in [1.165, 1.54) is 51.4 Å². The van der Waals surface area contributed by atoms with Crippen molar-refractivity contribution in [3.05, 3.63) is 122 Å². The van der Waals surface area contributed by atoms with E-state index in [9.17, 15) is 14.4 Å². The maximum absolute atomic E-state index is 12.7. The van der Waals surface area contributed by atoms with Gasteiger partial charge in [-0.2, -0.15) is 0 Å². The van der Waals surface area contributed by atoms with Crippen LogP contribution in [0.15, 0.2) is 122 Å². The van der Waals surface area contributed by atoms with Crippen LogP contribution in [0.3, 0.4) is 0 Å². The minimum Gasteiger partial charge on any atom is -0.462 e. The minimum atomic E-state index is -0.836. The molecule has 65 heavy (non-hydrogen) atoms. The topological polar surface area (TPSA) is 78.9 Å². The first-order valence-corrected chi connectivity index (χ1v) is 26.0. The van der Waals surface area contributed by atoms with E-state index in [0.29, 0.717) is 19.3 Å². The van der Waals surface area contributed by atoms with Crippen molar-refractivity contribution < 1.29 is 28.6 Å². The monoisotopic (exact) mass is 899 g/mol. The second-order valence-corrected chi connectivity index (χ2v) is 16.7. The number of esters is 3. The van der Waals surface area contributed by atoms with E-state index in [2.05, 4.69) is 130 Å². The Morgan fingerprint density at radius 3 is 1.02 bits per heavy atom. The van der Waals surface area contributed by atoms with E-state index in [0.717, 1.165) is 116 Å². The molecule has 1 unspecified atom stereocenters. The summed E-state index contributed by atoms with van der Waals surface area (Å²) >= 11 is 0. The summed E-state index contributed by atoms with van der Waals surface area (Å²) in [6, 6.07) is 0. The molecule has 0 rings (SSSR count). The molecule has 0 aromatic heterocycles. The number of carbonyl (C=O) groups excluding carboxylic acids is 3. The molecule has 0 spiro atoms. The third kappa shape index (κ3) is 50.7. The van der Waals surface area contributed by atoms with E-state index in [-0.39, 0.29) is 31.6 Å². The van der Waals surface area contributed by atoms with Gasteiger partial charge in [0.1, 0.15) is 13.2 Å². The summed E-state index contributed by atoms with van der Waals surface area (Å²) < 4.78 is 16.7. The van der Waals surface area contributed by atoms with Gasteiger partial charge >= 0.3 is 17.9 Å². The van der Waals surface area contributed by atoms with Gasteiger partial charge in [0.15, 0.2) is 6.10 Å². The summed E-state index contributed by atoms with van der Waals surface area (Å²) in [4.78, 5) is 37.9. The Morgan fingerprint density at radius 2 is 0.631 bits per heavy atom. The Kier molecular flexibility index (Phi) is 49.1. The third-order valence-electron chi connectivity index (χ3n) is 10.4. The molecule has 0 bridgehead atoms. The molecule has 6 nitrogen and oxygen atoms in total. The van der Waals surface area contributed by atoms with Gasteiger partial charge < -0.3 is 14.2 Å². The zero-order valence-corrected chi connectivity index (χ0v) is 41.7. The van der Waals surface area contributed by atoms with Crippen molar-refractivity contribution in [1.29, 1.82) is 0 Å². The van der Waals surface area contributed by atoms with Gasteiger partial charge in [0.2, 0.25) is 0 Å². The fraction of sp³-hybridized carbons (Fsp3) is 0.610. The number of ether oxygens (including phenoxy) is 3. The molecule has 0 aromatic rings. The Morgan fingerprint density at radius 1 is 0.323 bits per heavy atom. The van der Waals surface area contributed by atoms with E-state index in [4.69, 9.17) is 14.2 Å². The first-order valence-electron chi connectivity index (χ1n) is 26.0. The van der Waals surface area contributed by atoms with Gasteiger partial charge in [-0.1, -0.05) is 200 Å². The molecule has 6 heteroatoms. The van der Waals surface area contributed by atoms with Crippen LogP contribution >= 0.6 is 0 Å². The fourth-order valence-corrected chi connectivity index (χ4v) is 6.59. The summed E-state index contributed by atoms with van der Waals surface area (Å²) in [5.41, 5.74) is 0. The SMILES string of the molecule is CC/C=C\C/C=C\C/C=C\C/C=C\CCC(=O)OC(COC(=O)CCCCC/C=C\C/C=C\C/C=C\CC)COC(=O)CCCCCCCC/C=C\C/C=C\C/C=C\CCCCCCC. The second-order valence-electron chi connectivity index (χ2n) is 16.7. The van der Waals surface area contributed by atoms with Crippen LogP contribution in [0.1, 0.15) is 213 Å². The number of hydrogen-bond acceptors (Lipinski definition) is 6. The molecule has 366 valence electrons. The standard InChI is InChI=1S/C59H94O6/c1-4-7-10-13-16-19-22-25-26-27-28-29-30-31-32-35-37-40-43-46-49-52-58(61)64-55-56(65-59(62)53-50-47-44-41-38-34-24-21-18-15-12-9-6-3)54-63-57(60)51-48-45-42-39-36-33-23-20-17-14-11-8-5-2/h8-9,11-12,17-18,20-22,25,27-28,30-31,33-34,36,38,44,47,56H,4-7,10,13-16,19,23-24,26,29,32,35,37,39-43,45-46,48-55H2,1-3H3/b11-8-,12-9-,20-17-,21-18-,25-22-,28-27-,31-30-,36-33-,38-34-,47-44-. The molecule has 0 amide bonds. The molecule has 0 heterocycles. The molecular weight excluding hydrogens is 805 g/mol. The summed E-state index contributed by atoms with van der Waals surface area (Å²) in [5, 5.41) is 0. The summed E-state index contributed by atoms with van der Waals surface area (Å²) in [7, 11) is 0. The maximum atomic E-state index is 12.7. The van der Waals surface area contributed by atoms with Crippen molar-refractivity contribution in [3.63, 3.8) is 0 Å². The highest BCUT2D eigenvalue weighted by atomic mass is 16.6. The quantitative estimate of drug-likeness (QED) is 0.0262. The predicted octanol–water partition coefficient (Wildman–Crippen LogP) is 17.3. The number of hydrogen-bond donors (Lipinski definition) is 0. The van der Waals surface area contributed by atoms with Crippen LogP contribution in [0.25, 0.3) is 0 Å². The van der Waals surface area contributed by atoms with Gasteiger partial charge in [0.25, 0.3) is 0 Å². The van der Waals surface area contributed by atoms with Crippen molar-refractivity contribution in [2.75, 3.05) is 13.2 Å². The first kappa shape index (κ1) is 60.8. The third-order valence-corrected chi connectivity index (χ3v) is 10.4. The lowest BCUT2D eigenvalue weighted by molar-refractivity contribution is -0.166. The van der Waals surface area contributed by atoms with E-state index < -0.39 is 12.1 Å². The Bertz CT molecular complexity index is 1400. The van der Waals surface area contributed by atoms with Gasteiger partial charge in [-0.15, -0.1) is 0 Å². The van der Waals surface area contributed by atoms with Crippen LogP contribution in [0.4, 0.5) is 0 Å². The molecule has 0 aliphatic heterocycles. The Balaban J connectivity index is 4.49. The number of rotatable bonds is 45. The summed E-state index contributed by atoms with van der Waals surface area (Å²) in [6.07, 6.45) is 72.0. The normalized spacial score (nSPS) is 13.1. The molecule has 0 saturated carbocycles. The summed E-state index contributed by atoms with van der Waals surface area (Å²) in [6.45, 7) is 6.28. The Hall–Kier alpha value is -4.19. The molecule has 0 aliphatic rings. The zero-order chi connectivity index (χ0) is 47.2. The molecule has 0 N–H and O–H groups in total. The van der Waals surface area contributed by atoms with Crippen LogP contribution in [-0.2, 0) is 28.6 Å². The second kappa shape index (κ2) is 52.4. The lowest BCUT2D eigenvalue weighted by Gasteiger charge is -2.18. The van der Waals surface area contributed by atoms with Crippen molar-refractivity contribution in [1.82, 2.24) is 0 Å². The molecule has 0 radical (unpaired) electrons. The van der Waals surface area contributed by atoms with E-state index >= 15 is 0 Å². The van der Waals surface area contributed by atoms with Gasteiger partial charge in [0.05, 0.1) is 0 Å². The minimum absolute atomic E-state index is 0.127. The molecule has 0 aliphatic carbocycles. The predicted molar refractivity (Wildman–Crippen MR) is 279 cm³/mol. The van der Waals surface area contributed by atoms with Crippen molar-refractivity contribution >= 4 is 17.9 Å². The number of allylic oxidation sites excluding steroid dienone is 20. The van der Waals surface area contributed by atoms with Crippen LogP contribution < -0.4 is 0 Å². The highest BCUT2D eigenvalue weighted by Crippen LogP contribution is 2.12. The maximum Gasteiger partial charge on any atom is 0.306 e. The van der Waals surface area contributed by atoms with Gasteiger partial charge in [0, 0.05) is 19.3 Å². The van der Waals surface area contributed by atoms with Gasteiger partial charge in [-0.25, -0.2) is 0 Å².